The van der Waals surface area contributed by atoms with Crippen LogP contribution >= 0.6 is 0 Å². The summed E-state index contributed by atoms with van der Waals surface area (Å²) in [6.45, 7) is 0. The predicted octanol–water partition coefficient (Wildman–Crippen LogP) is 2.69. The highest BCUT2D eigenvalue weighted by Crippen LogP contribution is 2.36. The van der Waals surface area contributed by atoms with E-state index >= 15 is 0 Å². The molecular weight excluding hydrogens is 247 g/mol. The first-order chi connectivity index (χ1) is 8.41. The third-order valence-electron chi connectivity index (χ3n) is 2.45. The first-order valence-corrected chi connectivity index (χ1v) is 4.97. The van der Waals surface area contributed by atoms with Gasteiger partial charge in [0.05, 0.1) is 18.9 Å². The van der Waals surface area contributed by atoms with Crippen LogP contribution in [0.5, 0.6) is 5.75 Å². The van der Waals surface area contributed by atoms with Crippen molar-refractivity contribution in [3.63, 3.8) is 0 Å². The van der Waals surface area contributed by atoms with Crippen LogP contribution in [-0.2, 0) is 6.18 Å². The second-order valence-corrected chi connectivity index (χ2v) is 3.65. The monoisotopic (exact) mass is 257 g/mol. The molecule has 2 aromatic rings. The molecule has 18 heavy (non-hydrogen) atoms. The Morgan fingerprint density at radius 3 is 2.50 bits per heavy atom. The smallest absolute Gasteiger partial charge is 0.416 e. The molecular formula is C11H10F3N3O. The Balaban J connectivity index is 2.58. The van der Waals surface area contributed by atoms with Gasteiger partial charge in [-0.05, 0) is 23.8 Å². The lowest BCUT2D eigenvalue weighted by molar-refractivity contribution is -0.137. The van der Waals surface area contributed by atoms with Crippen molar-refractivity contribution in [3.05, 3.63) is 30.0 Å². The SMILES string of the molecule is COc1cc(-c2cn[nH]c2N)cc(C(F)(F)F)c1. The molecule has 0 bridgehead atoms. The molecule has 1 aromatic heterocycles. The molecule has 0 fully saturated rings. The second-order valence-electron chi connectivity index (χ2n) is 3.65. The van der Waals surface area contributed by atoms with Gasteiger partial charge in [0.1, 0.15) is 11.6 Å². The molecule has 0 radical (unpaired) electrons. The van der Waals surface area contributed by atoms with Crippen LogP contribution in [-0.4, -0.2) is 17.3 Å². The zero-order valence-electron chi connectivity index (χ0n) is 9.38. The summed E-state index contributed by atoms with van der Waals surface area (Å²) in [7, 11) is 1.30. The van der Waals surface area contributed by atoms with E-state index in [4.69, 9.17) is 10.5 Å². The van der Waals surface area contributed by atoms with E-state index in [-0.39, 0.29) is 11.6 Å². The van der Waals surface area contributed by atoms with Gasteiger partial charge in [0.25, 0.3) is 0 Å². The van der Waals surface area contributed by atoms with Gasteiger partial charge >= 0.3 is 6.18 Å². The van der Waals surface area contributed by atoms with Crippen molar-refractivity contribution in [2.75, 3.05) is 12.8 Å². The number of ether oxygens (including phenoxy) is 1. The van der Waals surface area contributed by atoms with Gasteiger partial charge in [-0.3, -0.25) is 5.10 Å². The lowest BCUT2D eigenvalue weighted by Gasteiger charge is -2.11. The number of hydrogen-bond donors (Lipinski definition) is 2. The van der Waals surface area contributed by atoms with Crippen molar-refractivity contribution in [3.8, 4) is 16.9 Å². The van der Waals surface area contributed by atoms with E-state index < -0.39 is 11.7 Å². The van der Waals surface area contributed by atoms with E-state index in [1.165, 1.54) is 19.4 Å². The van der Waals surface area contributed by atoms with Gasteiger partial charge in [-0.25, -0.2) is 0 Å². The first-order valence-electron chi connectivity index (χ1n) is 4.97. The Bertz CT molecular complexity index is 563. The molecule has 3 N–H and O–H groups in total. The normalized spacial score (nSPS) is 11.6. The molecule has 0 amide bonds. The average molecular weight is 257 g/mol. The van der Waals surface area contributed by atoms with Gasteiger partial charge in [-0.2, -0.15) is 18.3 Å². The maximum atomic E-state index is 12.7. The number of nitrogens with one attached hydrogen (secondary N) is 1. The third-order valence-corrected chi connectivity index (χ3v) is 2.45. The Kier molecular flexibility index (Phi) is 2.90. The third kappa shape index (κ3) is 2.24. The van der Waals surface area contributed by atoms with E-state index in [2.05, 4.69) is 10.2 Å². The molecule has 0 aliphatic heterocycles. The number of benzene rings is 1. The molecule has 0 aliphatic carbocycles. The van der Waals surface area contributed by atoms with Crippen LogP contribution < -0.4 is 10.5 Å². The minimum Gasteiger partial charge on any atom is -0.497 e. The van der Waals surface area contributed by atoms with Crippen LogP contribution in [0.3, 0.4) is 0 Å². The van der Waals surface area contributed by atoms with Crippen LogP contribution in [0.2, 0.25) is 0 Å². The lowest BCUT2D eigenvalue weighted by atomic mass is 10.0. The molecule has 7 heteroatoms. The van der Waals surface area contributed by atoms with Crippen LogP contribution in [0, 0.1) is 0 Å². The van der Waals surface area contributed by atoms with Gasteiger partial charge in [-0.15, -0.1) is 0 Å². The number of hydrogen-bond acceptors (Lipinski definition) is 3. The number of halogens is 3. The highest BCUT2D eigenvalue weighted by Gasteiger charge is 2.31. The lowest BCUT2D eigenvalue weighted by Crippen LogP contribution is -2.05. The van der Waals surface area contributed by atoms with Crippen molar-refractivity contribution in [1.82, 2.24) is 10.2 Å². The zero-order chi connectivity index (χ0) is 13.3. The van der Waals surface area contributed by atoms with E-state index in [9.17, 15) is 13.2 Å². The number of rotatable bonds is 2. The van der Waals surface area contributed by atoms with Gasteiger partial charge in [0.15, 0.2) is 0 Å². The number of nitrogen functional groups attached to an aromatic ring is 1. The molecule has 4 nitrogen and oxygen atoms in total. The van der Waals surface area contributed by atoms with Gasteiger partial charge in [0.2, 0.25) is 0 Å². The number of methoxy groups -OCH3 is 1. The molecule has 1 heterocycles. The van der Waals surface area contributed by atoms with Crippen LogP contribution in [0.15, 0.2) is 24.4 Å². The van der Waals surface area contributed by atoms with Gasteiger partial charge in [-0.1, -0.05) is 0 Å². The summed E-state index contributed by atoms with van der Waals surface area (Å²) in [5, 5.41) is 6.14. The van der Waals surface area contributed by atoms with Crippen molar-refractivity contribution < 1.29 is 17.9 Å². The molecule has 2 rings (SSSR count). The molecule has 1 aromatic carbocycles. The fraction of sp³-hybridized carbons (Fsp3) is 0.182. The molecule has 0 aliphatic rings. The fourth-order valence-corrected chi connectivity index (χ4v) is 1.56. The summed E-state index contributed by atoms with van der Waals surface area (Å²) in [5.74, 6) is 0.316. The molecule has 96 valence electrons. The standard InChI is InChI=1S/C11H10F3N3O/c1-18-8-3-6(9-5-16-17-10(9)15)2-7(4-8)11(12,13)14/h2-5H,1H3,(H3,15,16,17). The molecule has 0 unspecified atom stereocenters. The molecule has 0 saturated carbocycles. The highest BCUT2D eigenvalue weighted by atomic mass is 19.4. The number of nitrogens with two attached hydrogens (primary N) is 1. The predicted molar refractivity (Wildman–Crippen MR) is 60.0 cm³/mol. The van der Waals surface area contributed by atoms with Crippen LogP contribution in [0.4, 0.5) is 19.0 Å². The Labute approximate surface area is 101 Å². The maximum absolute atomic E-state index is 12.7. The van der Waals surface area contributed by atoms with Crippen LogP contribution in [0.1, 0.15) is 5.56 Å². The molecule has 0 atom stereocenters. The Hall–Kier alpha value is -2.18. The van der Waals surface area contributed by atoms with Crippen molar-refractivity contribution >= 4 is 5.82 Å². The Morgan fingerprint density at radius 1 is 1.28 bits per heavy atom. The number of aromatic nitrogens is 2. The minimum atomic E-state index is -4.44. The van der Waals surface area contributed by atoms with Crippen molar-refractivity contribution in [2.45, 2.75) is 6.18 Å². The van der Waals surface area contributed by atoms with Crippen molar-refractivity contribution in [2.24, 2.45) is 0 Å². The van der Waals surface area contributed by atoms with Crippen LogP contribution in [0.25, 0.3) is 11.1 Å². The van der Waals surface area contributed by atoms with Gasteiger partial charge in [0, 0.05) is 5.56 Å². The number of nitrogens with zero attached hydrogens (tertiary/aromatic N) is 1. The summed E-state index contributed by atoms with van der Waals surface area (Å²) in [6.07, 6.45) is -3.08. The summed E-state index contributed by atoms with van der Waals surface area (Å²) >= 11 is 0. The number of aromatic amines is 1. The quantitative estimate of drug-likeness (QED) is 0.869. The van der Waals surface area contributed by atoms with E-state index in [0.29, 0.717) is 11.1 Å². The first kappa shape index (κ1) is 12.3. The highest BCUT2D eigenvalue weighted by molar-refractivity contribution is 5.74. The number of anilines is 1. The minimum absolute atomic E-state index is 0.112. The molecule has 0 saturated heterocycles. The second kappa shape index (κ2) is 4.25. The summed E-state index contributed by atoms with van der Waals surface area (Å²) in [6, 6.07) is 3.40. The summed E-state index contributed by atoms with van der Waals surface area (Å²) in [5.41, 5.74) is 5.49. The van der Waals surface area contributed by atoms with Crippen molar-refractivity contribution in [1.29, 1.82) is 0 Å². The number of H-pyrrole nitrogens is 1. The van der Waals surface area contributed by atoms with E-state index in [0.717, 1.165) is 12.1 Å². The summed E-state index contributed by atoms with van der Waals surface area (Å²) in [4.78, 5) is 0. The molecule has 0 spiro atoms. The summed E-state index contributed by atoms with van der Waals surface area (Å²) < 4.78 is 43.0. The van der Waals surface area contributed by atoms with E-state index in [1.54, 1.807) is 0 Å². The Morgan fingerprint density at radius 2 is 2.00 bits per heavy atom. The number of alkyl halides is 3. The largest absolute Gasteiger partial charge is 0.497 e. The maximum Gasteiger partial charge on any atom is 0.416 e. The average Bonchev–Trinajstić information content (AvgIpc) is 2.73. The van der Waals surface area contributed by atoms with E-state index in [1.807, 2.05) is 0 Å². The topological polar surface area (TPSA) is 63.9 Å². The van der Waals surface area contributed by atoms with Gasteiger partial charge < -0.3 is 10.5 Å². The fourth-order valence-electron chi connectivity index (χ4n) is 1.56. The zero-order valence-corrected chi connectivity index (χ0v) is 9.38.